The van der Waals surface area contributed by atoms with Crippen molar-refractivity contribution in [2.45, 2.75) is 6.92 Å². The maximum atomic E-state index is 12.4. The molecule has 2 bridgehead atoms. The minimum absolute atomic E-state index is 0.0980. The summed E-state index contributed by atoms with van der Waals surface area (Å²) in [5.74, 6) is -0.595. The van der Waals surface area contributed by atoms with Crippen molar-refractivity contribution in [3.05, 3.63) is 59.2 Å². The molecule has 0 aliphatic rings. The molecule has 4 heteroatoms. The number of aryl methyl sites for hydroxylation is 1. The molecule has 94 valence electrons. The Hall–Kier alpha value is -2.62. The molecule has 2 heterocycles. The van der Waals surface area contributed by atoms with Crippen LogP contribution in [-0.2, 0) is 0 Å². The molecule has 2 N–H and O–H groups in total. The highest BCUT2D eigenvalue weighted by Crippen LogP contribution is 2.23. The number of primary amides is 1. The van der Waals surface area contributed by atoms with Gasteiger partial charge >= 0.3 is 0 Å². The summed E-state index contributed by atoms with van der Waals surface area (Å²) < 4.78 is 1.68. The Bertz CT molecular complexity index is 769. The van der Waals surface area contributed by atoms with Crippen molar-refractivity contribution in [1.29, 1.82) is 0 Å². The first kappa shape index (κ1) is 11.5. The van der Waals surface area contributed by atoms with Gasteiger partial charge in [-0.3, -0.25) is 14.2 Å². The van der Waals surface area contributed by atoms with Crippen LogP contribution >= 0.6 is 0 Å². The Labute approximate surface area is 109 Å². The Kier molecular flexibility index (Phi) is 2.38. The molecular weight excluding hydrogens is 240 g/mol. The molecule has 3 rings (SSSR count). The SMILES string of the molecule is Cc1cc2ccc1n2C(=O)c1ccc(C(N)=O)cc1. The van der Waals surface area contributed by atoms with Crippen LogP contribution in [0, 0.1) is 6.92 Å². The summed E-state index contributed by atoms with van der Waals surface area (Å²) in [6.07, 6.45) is 0. The van der Waals surface area contributed by atoms with Gasteiger partial charge in [-0.1, -0.05) is 0 Å². The highest BCUT2D eigenvalue weighted by molar-refractivity contribution is 6.04. The van der Waals surface area contributed by atoms with E-state index in [4.69, 9.17) is 5.73 Å². The van der Waals surface area contributed by atoms with Crippen molar-refractivity contribution in [3.8, 4) is 0 Å². The van der Waals surface area contributed by atoms with E-state index in [2.05, 4.69) is 0 Å². The lowest BCUT2D eigenvalue weighted by molar-refractivity contribution is 0.0965. The normalized spacial score (nSPS) is 11.0. The second-order valence-electron chi connectivity index (χ2n) is 4.55. The van der Waals surface area contributed by atoms with E-state index in [1.54, 1.807) is 28.8 Å². The first-order valence-electron chi connectivity index (χ1n) is 5.93. The third-order valence-corrected chi connectivity index (χ3v) is 3.30. The van der Waals surface area contributed by atoms with Crippen molar-refractivity contribution in [2.75, 3.05) is 0 Å². The first-order chi connectivity index (χ1) is 9.08. The molecule has 19 heavy (non-hydrogen) atoms. The fourth-order valence-electron chi connectivity index (χ4n) is 2.30. The smallest absolute Gasteiger partial charge is 0.262 e. The van der Waals surface area contributed by atoms with Crippen LogP contribution in [0.15, 0.2) is 42.5 Å². The number of nitrogens with zero attached hydrogens (tertiary/aromatic N) is 1. The van der Waals surface area contributed by atoms with Gasteiger partial charge in [-0.15, -0.1) is 0 Å². The molecule has 0 aliphatic heterocycles. The number of aromatic nitrogens is 1. The van der Waals surface area contributed by atoms with E-state index < -0.39 is 5.91 Å². The Morgan fingerprint density at radius 1 is 1.00 bits per heavy atom. The summed E-state index contributed by atoms with van der Waals surface area (Å²) in [5, 5.41) is 0. The summed E-state index contributed by atoms with van der Waals surface area (Å²) >= 11 is 0. The van der Waals surface area contributed by atoms with E-state index in [1.807, 2.05) is 25.1 Å². The molecule has 0 spiro atoms. The molecule has 0 radical (unpaired) electrons. The van der Waals surface area contributed by atoms with Gasteiger partial charge < -0.3 is 5.73 Å². The zero-order valence-electron chi connectivity index (χ0n) is 10.4. The third-order valence-electron chi connectivity index (χ3n) is 3.30. The Morgan fingerprint density at radius 3 is 2.11 bits per heavy atom. The van der Waals surface area contributed by atoms with Gasteiger partial charge in [-0.25, -0.2) is 0 Å². The van der Waals surface area contributed by atoms with Gasteiger partial charge in [-0.2, -0.15) is 0 Å². The molecule has 0 fully saturated rings. The molecule has 1 aromatic carbocycles. The van der Waals surface area contributed by atoms with E-state index in [1.165, 1.54) is 0 Å². The lowest BCUT2D eigenvalue weighted by Gasteiger charge is -2.04. The first-order valence-corrected chi connectivity index (χ1v) is 5.93. The average molecular weight is 252 g/mol. The second-order valence-corrected chi connectivity index (χ2v) is 4.55. The van der Waals surface area contributed by atoms with Crippen molar-refractivity contribution in [3.63, 3.8) is 0 Å². The maximum absolute atomic E-state index is 12.4. The van der Waals surface area contributed by atoms with Crippen LogP contribution in [0.25, 0.3) is 11.0 Å². The monoisotopic (exact) mass is 252 g/mol. The van der Waals surface area contributed by atoms with Gasteiger partial charge in [0.05, 0.1) is 5.52 Å². The Balaban J connectivity index is 2.03. The molecule has 0 atom stereocenters. The number of rotatable bonds is 2. The van der Waals surface area contributed by atoms with Crippen LogP contribution in [0.3, 0.4) is 0 Å². The van der Waals surface area contributed by atoms with Gasteiger partial charge in [-0.05, 0) is 55.0 Å². The summed E-state index contributed by atoms with van der Waals surface area (Å²) in [6.45, 7) is 1.97. The predicted molar refractivity (Wildman–Crippen MR) is 72.5 cm³/mol. The summed E-state index contributed by atoms with van der Waals surface area (Å²) in [5.41, 5.74) is 8.99. The van der Waals surface area contributed by atoms with Crippen LogP contribution < -0.4 is 5.73 Å². The molecule has 0 unspecified atom stereocenters. The molecule has 4 nitrogen and oxygen atoms in total. The Morgan fingerprint density at radius 2 is 1.63 bits per heavy atom. The van der Waals surface area contributed by atoms with E-state index >= 15 is 0 Å². The highest BCUT2D eigenvalue weighted by Gasteiger charge is 2.16. The number of carbonyl (C=O) groups is 2. The third kappa shape index (κ3) is 1.69. The summed E-state index contributed by atoms with van der Waals surface area (Å²) in [4.78, 5) is 23.4. The average Bonchev–Trinajstić information content (AvgIpc) is 2.94. The minimum atomic E-state index is -0.497. The maximum Gasteiger partial charge on any atom is 0.262 e. The van der Waals surface area contributed by atoms with Crippen LogP contribution in [0.4, 0.5) is 0 Å². The largest absolute Gasteiger partial charge is 0.366 e. The van der Waals surface area contributed by atoms with Crippen molar-refractivity contribution < 1.29 is 9.59 Å². The number of hydrogen-bond donors (Lipinski definition) is 1. The molecule has 0 saturated carbocycles. The molecule has 1 amide bonds. The fourth-order valence-corrected chi connectivity index (χ4v) is 2.30. The minimum Gasteiger partial charge on any atom is -0.366 e. The molecular formula is C15H12N2O2. The zero-order valence-corrected chi connectivity index (χ0v) is 10.4. The predicted octanol–water partition coefficient (Wildman–Crippen LogP) is 2.17. The summed E-state index contributed by atoms with van der Waals surface area (Å²) in [6, 6.07) is 12.2. The highest BCUT2D eigenvalue weighted by atomic mass is 16.2. The van der Waals surface area contributed by atoms with Gasteiger partial charge in [0.2, 0.25) is 5.91 Å². The standard InChI is InChI=1S/C15H12N2O2/c1-9-8-12-6-7-13(9)17(12)15(19)11-4-2-10(3-5-11)14(16)18/h2-8H,1H3,(H2,16,18). The molecule has 3 aromatic rings. The number of hydrogen-bond acceptors (Lipinski definition) is 2. The number of nitrogens with two attached hydrogens (primary N) is 1. The molecule has 0 saturated heterocycles. The number of carbonyl (C=O) groups excluding carboxylic acids is 2. The van der Waals surface area contributed by atoms with Crippen LogP contribution in [-0.4, -0.2) is 16.4 Å². The van der Waals surface area contributed by atoms with Gasteiger partial charge in [0.15, 0.2) is 0 Å². The van der Waals surface area contributed by atoms with Crippen LogP contribution in [0.5, 0.6) is 0 Å². The molecule has 2 aromatic heterocycles. The van der Waals surface area contributed by atoms with Crippen molar-refractivity contribution in [2.24, 2.45) is 5.73 Å². The molecule has 0 aliphatic carbocycles. The van der Waals surface area contributed by atoms with E-state index in [0.717, 1.165) is 16.6 Å². The summed E-state index contributed by atoms with van der Waals surface area (Å²) in [7, 11) is 0. The van der Waals surface area contributed by atoms with Crippen molar-refractivity contribution in [1.82, 2.24) is 4.57 Å². The number of fused-ring (bicyclic) bond motifs is 2. The van der Waals surface area contributed by atoms with Gasteiger partial charge in [0.1, 0.15) is 0 Å². The second kappa shape index (κ2) is 3.95. The van der Waals surface area contributed by atoms with Crippen LogP contribution in [0.1, 0.15) is 26.3 Å². The lowest BCUT2D eigenvalue weighted by Crippen LogP contribution is -2.13. The van der Waals surface area contributed by atoms with E-state index in [9.17, 15) is 9.59 Å². The van der Waals surface area contributed by atoms with Crippen molar-refractivity contribution >= 4 is 22.8 Å². The number of benzene rings is 2. The number of amides is 1. The topological polar surface area (TPSA) is 65.1 Å². The van der Waals surface area contributed by atoms with Gasteiger partial charge in [0.25, 0.3) is 5.91 Å². The van der Waals surface area contributed by atoms with Crippen LogP contribution in [0.2, 0.25) is 0 Å². The van der Waals surface area contributed by atoms with E-state index in [0.29, 0.717) is 11.1 Å². The zero-order chi connectivity index (χ0) is 13.6. The fraction of sp³-hybridized carbons (Fsp3) is 0.0667. The van der Waals surface area contributed by atoms with Gasteiger partial charge in [0, 0.05) is 16.6 Å². The lowest BCUT2D eigenvalue weighted by atomic mass is 10.1. The quantitative estimate of drug-likeness (QED) is 0.759. The van der Waals surface area contributed by atoms with E-state index in [-0.39, 0.29) is 5.91 Å².